The van der Waals surface area contributed by atoms with E-state index in [1.165, 1.54) is 16.7 Å². The Hall–Kier alpha value is -1.77. The van der Waals surface area contributed by atoms with Gasteiger partial charge in [0.2, 0.25) is 5.71 Å². The number of allylic oxidation sites excluding steroid dienone is 6. The first kappa shape index (κ1) is 6.91. The second kappa shape index (κ2) is 2.37. The van der Waals surface area contributed by atoms with Crippen molar-refractivity contribution < 1.29 is 14.8 Å². The monoisotopic (exact) mass is 162 g/mol. The molecule has 1 aliphatic carbocycles. The minimum Gasteiger partial charge on any atom is -0.459 e. The van der Waals surface area contributed by atoms with Gasteiger partial charge in [-0.15, -0.1) is 0 Å². The SMILES string of the molecule is OC1=CC=C(O)[N+]1=C1C=CC=C1. The standard InChI is InChI=1S/C9H7NO2/c11-8-5-6-9(12)10(8)7-3-1-2-4-7/h1-6H,(H-,11,12)/p+1. The molecule has 0 unspecified atom stereocenters. The summed E-state index contributed by atoms with van der Waals surface area (Å²) in [6.07, 6.45) is 10.2. The van der Waals surface area contributed by atoms with Gasteiger partial charge in [-0.1, -0.05) is 16.7 Å². The number of aliphatic hydroxyl groups excluding tert-OH is 2. The fraction of sp³-hybridized carbons (Fsp3) is 0. The molecule has 2 N–H and O–H groups in total. The third-order valence-electron chi connectivity index (χ3n) is 1.74. The van der Waals surface area contributed by atoms with E-state index in [1.54, 1.807) is 12.2 Å². The average Bonchev–Trinajstić information content (AvgIpc) is 2.61. The Bertz CT molecular complexity index is 336. The zero-order valence-electron chi connectivity index (χ0n) is 6.31. The van der Waals surface area contributed by atoms with Crippen molar-refractivity contribution in [1.29, 1.82) is 0 Å². The summed E-state index contributed by atoms with van der Waals surface area (Å²) in [5, 5.41) is 18.6. The Labute approximate surface area is 69.6 Å². The fourth-order valence-corrected chi connectivity index (χ4v) is 1.19. The van der Waals surface area contributed by atoms with Gasteiger partial charge in [0.05, 0.1) is 12.2 Å². The quantitative estimate of drug-likeness (QED) is 0.528. The predicted octanol–water partition coefficient (Wildman–Crippen LogP) is 1.38. The first-order chi connectivity index (χ1) is 5.79. The maximum atomic E-state index is 9.31. The van der Waals surface area contributed by atoms with Gasteiger partial charge in [0.1, 0.15) is 0 Å². The van der Waals surface area contributed by atoms with Crippen molar-refractivity contribution in [3.05, 3.63) is 48.2 Å². The summed E-state index contributed by atoms with van der Waals surface area (Å²) >= 11 is 0. The van der Waals surface area contributed by atoms with Crippen LogP contribution in [-0.2, 0) is 0 Å². The summed E-state index contributed by atoms with van der Waals surface area (Å²) in [6.45, 7) is 0. The molecule has 3 nitrogen and oxygen atoms in total. The van der Waals surface area contributed by atoms with E-state index in [-0.39, 0.29) is 11.8 Å². The van der Waals surface area contributed by atoms with Crippen LogP contribution in [0.1, 0.15) is 0 Å². The molecule has 0 bridgehead atoms. The first-order valence-corrected chi connectivity index (χ1v) is 3.61. The summed E-state index contributed by atoms with van der Waals surface area (Å²) in [7, 11) is 0. The van der Waals surface area contributed by atoms with Crippen molar-refractivity contribution in [3.8, 4) is 0 Å². The Kier molecular flexibility index (Phi) is 1.37. The molecule has 12 heavy (non-hydrogen) atoms. The smallest absolute Gasteiger partial charge is 0.374 e. The highest BCUT2D eigenvalue weighted by Crippen LogP contribution is 2.12. The summed E-state index contributed by atoms with van der Waals surface area (Å²) in [4.78, 5) is 0. The Morgan fingerprint density at radius 2 is 1.42 bits per heavy atom. The van der Waals surface area contributed by atoms with E-state index in [0.717, 1.165) is 5.71 Å². The lowest BCUT2D eigenvalue weighted by Crippen LogP contribution is -2.13. The molecule has 0 aromatic heterocycles. The molecule has 1 heterocycles. The summed E-state index contributed by atoms with van der Waals surface area (Å²) in [6, 6.07) is 0. The third-order valence-corrected chi connectivity index (χ3v) is 1.74. The minimum atomic E-state index is 0.0405. The van der Waals surface area contributed by atoms with E-state index in [0.29, 0.717) is 0 Å². The molecular weight excluding hydrogens is 154 g/mol. The zero-order valence-corrected chi connectivity index (χ0v) is 6.31. The summed E-state index contributed by atoms with van der Waals surface area (Å²) in [5.41, 5.74) is 0.759. The van der Waals surface area contributed by atoms with Gasteiger partial charge in [0.15, 0.2) is 0 Å². The Balaban J connectivity index is 2.53. The number of nitrogens with zero attached hydrogens (tertiary/aromatic N) is 1. The molecule has 60 valence electrons. The molecule has 0 atom stereocenters. The molecule has 2 rings (SSSR count). The van der Waals surface area contributed by atoms with E-state index >= 15 is 0 Å². The van der Waals surface area contributed by atoms with Crippen molar-refractivity contribution >= 4 is 5.71 Å². The van der Waals surface area contributed by atoms with Crippen molar-refractivity contribution in [3.63, 3.8) is 0 Å². The first-order valence-electron chi connectivity index (χ1n) is 3.61. The maximum Gasteiger partial charge on any atom is 0.374 e. The fourth-order valence-electron chi connectivity index (χ4n) is 1.19. The molecule has 3 heteroatoms. The molecule has 0 saturated heterocycles. The lowest BCUT2D eigenvalue weighted by molar-refractivity contribution is -0.479. The Morgan fingerprint density at radius 3 is 1.92 bits per heavy atom. The molecule has 0 aromatic carbocycles. The van der Waals surface area contributed by atoms with Gasteiger partial charge in [0.25, 0.3) is 0 Å². The van der Waals surface area contributed by atoms with Gasteiger partial charge >= 0.3 is 11.8 Å². The van der Waals surface area contributed by atoms with E-state index in [1.807, 2.05) is 12.2 Å². The summed E-state index contributed by atoms with van der Waals surface area (Å²) in [5.74, 6) is 0.0809. The molecule has 0 spiro atoms. The lowest BCUT2D eigenvalue weighted by Gasteiger charge is -1.94. The van der Waals surface area contributed by atoms with Crippen molar-refractivity contribution in [1.82, 2.24) is 0 Å². The van der Waals surface area contributed by atoms with Crippen LogP contribution in [0.3, 0.4) is 0 Å². The van der Waals surface area contributed by atoms with Gasteiger partial charge < -0.3 is 10.2 Å². The maximum absolute atomic E-state index is 9.31. The van der Waals surface area contributed by atoms with Crippen LogP contribution in [0.5, 0.6) is 0 Å². The second-order valence-corrected chi connectivity index (χ2v) is 2.53. The van der Waals surface area contributed by atoms with E-state index in [2.05, 4.69) is 0 Å². The topological polar surface area (TPSA) is 43.5 Å². The minimum absolute atomic E-state index is 0.0405. The van der Waals surface area contributed by atoms with Crippen LogP contribution in [0.2, 0.25) is 0 Å². The van der Waals surface area contributed by atoms with Crippen molar-refractivity contribution in [2.24, 2.45) is 0 Å². The van der Waals surface area contributed by atoms with Crippen LogP contribution in [0, 0.1) is 0 Å². The zero-order chi connectivity index (χ0) is 8.55. The van der Waals surface area contributed by atoms with Crippen LogP contribution >= 0.6 is 0 Å². The van der Waals surface area contributed by atoms with Crippen LogP contribution in [-0.4, -0.2) is 20.5 Å². The molecule has 0 fully saturated rings. The molecular formula is C9H8NO2+. The lowest BCUT2D eigenvalue weighted by atomic mass is 10.4. The van der Waals surface area contributed by atoms with E-state index in [9.17, 15) is 10.2 Å². The number of hydrogen-bond acceptors (Lipinski definition) is 2. The van der Waals surface area contributed by atoms with Crippen LogP contribution < -0.4 is 0 Å². The highest BCUT2D eigenvalue weighted by atomic mass is 16.3. The molecule has 0 amide bonds. The molecule has 0 radical (unpaired) electrons. The van der Waals surface area contributed by atoms with Gasteiger partial charge in [-0.2, -0.15) is 0 Å². The number of rotatable bonds is 0. The van der Waals surface area contributed by atoms with E-state index in [4.69, 9.17) is 0 Å². The van der Waals surface area contributed by atoms with Crippen LogP contribution in [0.4, 0.5) is 0 Å². The van der Waals surface area contributed by atoms with Crippen molar-refractivity contribution in [2.75, 3.05) is 0 Å². The highest BCUT2D eigenvalue weighted by Gasteiger charge is 2.26. The number of aliphatic hydroxyl groups is 2. The van der Waals surface area contributed by atoms with Gasteiger partial charge in [-0.25, -0.2) is 0 Å². The number of hydrogen-bond donors (Lipinski definition) is 2. The van der Waals surface area contributed by atoms with Gasteiger partial charge in [-0.05, 0) is 0 Å². The largest absolute Gasteiger partial charge is 0.459 e. The molecule has 0 aromatic rings. The molecule has 1 aliphatic heterocycles. The average molecular weight is 162 g/mol. The Morgan fingerprint density at radius 1 is 0.917 bits per heavy atom. The van der Waals surface area contributed by atoms with Crippen molar-refractivity contribution in [2.45, 2.75) is 0 Å². The van der Waals surface area contributed by atoms with Crippen LogP contribution in [0.25, 0.3) is 0 Å². The molecule has 2 aliphatic rings. The van der Waals surface area contributed by atoms with Crippen LogP contribution in [0.15, 0.2) is 48.2 Å². The van der Waals surface area contributed by atoms with Gasteiger partial charge in [-0.3, -0.25) is 0 Å². The van der Waals surface area contributed by atoms with E-state index < -0.39 is 0 Å². The van der Waals surface area contributed by atoms with Gasteiger partial charge in [0, 0.05) is 12.2 Å². The predicted molar refractivity (Wildman–Crippen MR) is 45.0 cm³/mol. The second-order valence-electron chi connectivity index (χ2n) is 2.53. The highest BCUT2D eigenvalue weighted by molar-refractivity contribution is 6.03. The molecule has 0 saturated carbocycles. The third kappa shape index (κ3) is 0.871. The summed E-state index contributed by atoms with van der Waals surface area (Å²) < 4.78 is 1.36. The normalized spacial score (nSPS) is 20.3.